The zero-order chi connectivity index (χ0) is 23.9. The highest BCUT2D eigenvalue weighted by atomic mass is 16.5. The molecule has 170 valence electrons. The van der Waals surface area contributed by atoms with E-state index in [4.69, 9.17) is 25.3 Å². The monoisotopic (exact) mass is 452 g/mol. The van der Waals surface area contributed by atoms with E-state index in [0.717, 1.165) is 17.6 Å². The number of hydrogen-bond acceptors (Lipinski definition) is 5. The van der Waals surface area contributed by atoms with Crippen molar-refractivity contribution in [2.75, 3.05) is 6.61 Å². The predicted molar refractivity (Wildman–Crippen MR) is 129 cm³/mol. The number of aliphatic carboxylic acids is 1. The molecule has 6 heteroatoms. The van der Waals surface area contributed by atoms with Crippen molar-refractivity contribution in [3.63, 3.8) is 0 Å². The number of hydrogen-bond donors (Lipinski definition) is 2. The number of rotatable bonds is 10. The molecule has 4 rings (SSSR count). The van der Waals surface area contributed by atoms with Crippen LogP contribution >= 0.6 is 0 Å². The van der Waals surface area contributed by atoms with E-state index in [1.54, 1.807) is 24.3 Å². The van der Waals surface area contributed by atoms with E-state index in [9.17, 15) is 4.79 Å². The molecule has 1 atom stereocenters. The molecule has 0 fully saturated rings. The molecule has 0 spiro atoms. The Hall–Kier alpha value is -4.37. The van der Waals surface area contributed by atoms with Gasteiger partial charge in [-0.25, -0.2) is 0 Å². The van der Waals surface area contributed by atoms with Crippen molar-refractivity contribution >= 4 is 17.8 Å². The number of nitriles is 1. The maximum Gasteiger partial charge on any atom is 0.305 e. The number of carboxylic acids is 1. The average Bonchev–Trinajstić information content (AvgIpc) is 3.30. The summed E-state index contributed by atoms with van der Waals surface area (Å²) >= 11 is 0. The van der Waals surface area contributed by atoms with Gasteiger partial charge in [0.2, 0.25) is 0 Å². The fourth-order valence-corrected chi connectivity index (χ4v) is 3.78. The third-order valence-corrected chi connectivity index (χ3v) is 5.68. The molecule has 3 aromatic rings. The lowest BCUT2D eigenvalue weighted by Crippen LogP contribution is -2.13. The largest absolute Gasteiger partial charge is 0.489 e. The second kappa shape index (κ2) is 10.5. The lowest BCUT2D eigenvalue weighted by molar-refractivity contribution is -0.137. The highest BCUT2D eigenvalue weighted by molar-refractivity contribution is 6.04. The molecule has 6 nitrogen and oxygen atoms in total. The summed E-state index contributed by atoms with van der Waals surface area (Å²) in [4.78, 5) is 10.9. The van der Waals surface area contributed by atoms with Gasteiger partial charge in [-0.15, -0.1) is 0 Å². The lowest BCUT2D eigenvalue weighted by Gasteiger charge is -2.11. The molecule has 0 radical (unpaired) electrons. The first-order valence-electron chi connectivity index (χ1n) is 10.9. The van der Waals surface area contributed by atoms with Crippen molar-refractivity contribution in [3.05, 3.63) is 101 Å². The molecule has 0 aliphatic heterocycles. The van der Waals surface area contributed by atoms with Gasteiger partial charge in [-0.3, -0.25) is 4.79 Å². The minimum absolute atomic E-state index is 0.216. The number of nitrogens with one attached hydrogen (secondary N) is 1. The predicted octanol–water partition coefficient (Wildman–Crippen LogP) is 5.39. The quantitative estimate of drug-likeness (QED) is 0.402. The van der Waals surface area contributed by atoms with E-state index in [2.05, 4.69) is 18.2 Å². The van der Waals surface area contributed by atoms with E-state index in [1.807, 2.05) is 42.5 Å². The zero-order valence-corrected chi connectivity index (χ0v) is 18.5. The molecule has 3 aromatic carbocycles. The first kappa shape index (κ1) is 22.8. The first-order chi connectivity index (χ1) is 16.5. The van der Waals surface area contributed by atoms with Crippen LogP contribution in [0.4, 0.5) is 0 Å². The summed E-state index contributed by atoms with van der Waals surface area (Å²) in [5, 5.41) is 26.4. The van der Waals surface area contributed by atoms with Gasteiger partial charge in [0.1, 0.15) is 24.7 Å². The number of carbonyl (C=O) groups is 1. The minimum Gasteiger partial charge on any atom is -0.489 e. The highest BCUT2D eigenvalue weighted by Crippen LogP contribution is 2.26. The Morgan fingerprint density at radius 3 is 2.35 bits per heavy atom. The molecule has 1 aliphatic rings. The van der Waals surface area contributed by atoms with Gasteiger partial charge in [-0.1, -0.05) is 48.5 Å². The van der Waals surface area contributed by atoms with Gasteiger partial charge < -0.3 is 20.0 Å². The van der Waals surface area contributed by atoms with Crippen LogP contribution in [0, 0.1) is 16.7 Å². The minimum atomic E-state index is -1.00. The molecular formula is C28H24N2O4. The third kappa shape index (κ3) is 5.70. The Morgan fingerprint density at radius 1 is 1.00 bits per heavy atom. The molecule has 0 heterocycles. The van der Waals surface area contributed by atoms with Crippen LogP contribution in [0.3, 0.4) is 0 Å². The van der Waals surface area contributed by atoms with E-state index < -0.39 is 11.9 Å². The topological polar surface area (TPSA) is 103 Å². The van der Waals surface area contributed by atoms with Crippen LogP contribution < -0.4 is 9.47 Å². The normalized spacial score (nSPS) is 12.7. The summed E-state index contributed by atoms with van der Waals surface area (Å²) in [7, 11) is 0. The molecule has 1 unspecified atom stereocenters. The lowest BCUT2D eigenvalue weighted by atomic mass is 9.97. The molecule has 0 saturated heterocycles. The summed E-state index contributed by atoms with van der Waals surface area (Å²) in [6.45, 7) is 0.574. The molecule has 1 aliphatic carbocycles. The first-order valence-corrected chi connectivity index (χ1v) is 10.9. The van der Waals surface area contributed by atoms with Gasteiger partial charge in [-0.05, 0) is 64.6 Å². The molecule has 2 N–H and O–H groups in total. The second-order valence-electron chi connectivity index (χ2n) is 8.09. The van der Waals surface area contributed by atoms with Crippen molar-refractivity contribution in [2.45, 2.75) is 25.4 Å². The third-order valence-electron chi connectivity index (χ3n) is 5.68. The molecule has 0 amide bonds. The Bertz CT molecular complexity index is 1250. The second-order valence-corrected chi connectivity index (χ2v) is 8.09. The van der Waals surface area contributed by atoms with Crippen LogP contribution in [0.25, 0.3) is 6.08 Å². The van der Waals surface area contributed by atoms with Gasteiger partial charge in [0, 0.05) is 0 Å². The standard InChI is InChI=1S/C28H24N2O4/c29-16-24(15-28(31)32)20-7-11-26(12-8-20)33-17-19-5-9-25(10-6-19)34-18-27(30)23-13-21-3-1-2-4-22(21)14-23/h1-13,24,30H,14-15,17-18H2,(H,31,32). The molecular weight excluding hydrogens is 428 g/mol. The van der Waals surface area contributed by atoms with Crippen LogP contribution in [-0.2, 0) is 17.8 Å². The summed E-state index contributed by atoms with van der Waals surface area (Å²) in [6, 6.07) is 24.6. The van der Waals surface area contributed by atoms with E-state index in [-0.39, 0.29) is 13.0 Å². The van der Waals surface area contributed by atoms with Crippen LogP contribution in [0.2, 0.25) is 0 Å². The van der Waals surface area contributed by atoms with E-state index in [1.165, 1.54) is 11.1 Å². The van der Waals surface area contributed by atoms with Crippen LogP contribution in [0.15, 0.2) is 78.4 Å². The maximum atomic E-state index is 10.9. The summed E-state index contributed by atoms with van der Waals surface area (Å²) in [5.41, 5.74) is 5.50. The van der Waals surface area contributed by atoms with Crippen LogP contribution in [0.5, 0.6) is 11.5 Å². The van der Waals surface area contributed by atoms with Gasteiger partial charge >= 0.3 is 5.97 Å². The molecule has 0 saturated carbocycles. The summed E-state index contributed by atoms with van der Waals surface area (Å²) in [6.07, 6.45) is 2.60. The van der Waals surface area contributed by atoms with Crippen molar-refractivity contribution in [2.24, 2.45) is 0 Å². The Labute approximate surface area is 198 Å². The Kier molecular flexibility index (Phi) is 7.04. The number of carboxylic acid groups (broad SMARTS) is 1. The van der Waals surface area contributed by atoms with Crippen LogP contribution in [-0.4, -0.2) is 23.4 Å². The fourth-order valence-electron chi connectivity index (χ4n) is 3.78. The molecule has 34 heavy (non-hydrogen) atoms. The van der Waals surface area contributed by atoms with Crippen molar-refractivity contribution in [1.82, 2.24) is 0 Å². The van der Waals surface area contributed by atoms with Crippen molar-refractivity contribution < 1.29 is 19.4 Å². The SMILES string of the molecule is N#CC(CC(=O)O)c1ccc(OCc2ccc(OCC(=N)C3=Cc4ccccc4C3)cc2)cc1. The van der Waals surface area contributed by atoms with Gasteiger partial charge in [0.05, 0.1) is 24.1 Å². The van der Waals surface area contributed by atoms with Gasteiger partial charge in [0.15, 0.2) is 0 Å². The van der Waals surface area contributed by atoms with Gasteiger partial charge in [-0.2, -0.15) is 5.26 Å². The smallest absolute Gasteiger partial charge is 0.305 e. The van der Waals surface area contributed by atoms with Crippen LogP contribution in [0.1, 0.15) is 34.6 Å². The molecule has 0 bridgehead atoms. The number of benzene rings is 3. The van der Waals surface area contributed by atoms with Crippen molar-refractivity contribution in [3.8, 4) is 17.6 Å². The maximum absolute atomic E-state index is 10.9. The zero-order valence-electron chi connectivity index (χ0n) is 18.5. The number of fused-ring (bicyclic) bond motifs is 1. The Balaban J connectivity index is 1.25. The van der Waals surface area contributed by atoms with E-state index in [0.29, 0.717) is 29.4 Å². The number of nitrogens with zero attached hydrogens (tertiary/aromatic N) is 1. The fraction of sp³-hybridized carbons (Fsp3) is 0.179. The van der Waals surface area contributed by atoms with Crippen molar-refractivity contribution in [1.29, 1.82) is 10.7 Å². The van der Waals surface area contributed by atoms with Gasteiger partial charge in [0.25, 0.3) is 0 Å². The highest BCUT2D eigenvalue weighted by Gasteiger charge is 2.16. The Morgan fingerprint density at radius 2 is 1.68 bits per heavy atom. The molecule has 0 aromatic heterocycles. The number of ether oxygens (including phenoxy) is 2. The summed E-state index contributed by atoms with van der Waals surface area (Å²) in [5.74, 6) is -0.358. The average molecular weight is 453 g/mol. The summed E-state index contributed by atoms with van der Waals surface area (Å²) < 4.78 is 11.6. The van der Waals surface area contributed by atoms with E-state index >= 15 is 0 Å².